The van der Waals surface area contributed by atoms with Crippen LogP contribution in [0.15, 0.2) is 11.1 Å². The van der Waals surface area contributed by atoms with Crippen molar-refractivity contribution < 1.29 is 14.7 Å². The van der Waals surface area contributed by atoms with Gasteiger partial charge in [0, 0.05) is 0 Å². The number of thioether (sulfide) groups is 1. The van der Waals surface area contributed by atoms with Crippen molar-refractivity contribution in [1.29, 1.82) is 0 Å². The summed E-state index contributed by atoms with van der Waals surface area (Å²) in [7, 11) is 0. The molecule has 1 unspecified atom stereocenters. The molecule has 1 amide bonds. The van der Waals surface area contributed by atoms with Crippen molar-refractivity contribution in [1.82, 2.24) is 15.3 Å². The van der Waals surface area contributed by atoms with Gasteiger partial charge in [-0.15, -0.1) is 11.3 Å². The fraction of sp³-hybridized carbons (Fsp3) is 0.385. The molecule has 0 aromatic carbocycles. The van der Waals surface area contributed by atoms with Gasteiger partial charge in [0.15, 0.2) is 0 Å². The number of rotatable bonds is 6. The predicted octanol–water partition coefficient (Wildman–Crippen LogP) is 1.23. The Morgan fingerprint density at radius 1 is 1.55 bits per heavy atom. The summed E-state index contributed by atoms with van der Waals surface area (Å²) >= 11 is 2.59. The normalized spacial score (nSPS) is 12.3. The number of aromatic nitrogens is 2. The molecule has 0 bridgehead atoms. The third-order valence-corrected chi connectivity index (χ3v) is 5.00. The molecule has 1 atom stereocenters. The van der Waals surface area contributed by atoms with E-state index in [-0.39, 0.29) is 5.56 Å². The molecule has 3 N–H and O–H groups in total. The van der Waals surface area contributed by atoms with Crippen LogP contribution in [0.4, 0.5) is 0 Å². The highest BCUT2D eigenvalue weighted by Crippen LogP contribution is 2.26. The molecule has 2 aromatic rings. The van der Waals surface area contributed by atoms with Gasteiger partial charge in [-0.1, -0.05) is 0 Å². The van der Waals surface area contributed by atoms with E-state index in [9.17, 15) is 14.4 Å². The Balaban J connectivity index is 2.29. The van der Waals surface area contributed by atoms with E-state index in [2.05, 4.69) is 15.3 Å². The summed E-state index contributed by atoms with van der Waals surface area (Å²) in [6.45, 7) is 1.66. The van der Waals surface area contributed by atoms with Gasteiger partial charge in [0.25, 0.3) is 11.5 Å². The molecule has 0 aliphatic rings. The molecule has 2 heterocycles. The third-order valence-electron chi connectivity index (χ3n) is 3.15. The van der Waals surface area contributed by atoms with Crippen molar-refractivity contribution in [2.24, 2.45) is 0 Å². The van der Waals surface area contributed by atoms with E-state index in [1.165, 1.54) is 18.1 Å². The lowest BCUT2D eigenvalue weighted by Crippen LogP contribution is -2.41. The van der Waals surface area contributed by atoms with Crippen LogP contribution in [-0.4, -0.2) is 45.0 Å². The molecular weight excluding hydrogens is 326 g/mol. The van der Waals surface area contributed by atoms with Crippen LogP contribution in [0.5, 0.6) is 0 Å². The number of amides is 1. The maximum absolute atomic E-state index is 12.3. The SMILES string of the molecule is CSCCC(NC(=O)c1sc2nc[nH]c(=O)c2c1C)C(=O)O. The average molecular weight is 341 g/mol. The highest BCUT2D eigenvalue weighted by molar-refractivity contribution is 7.98. The van der Waals surface area contributed by atoms with Gasteiger partial charge in [-0.05, 0) is 30.9 Å². The maximum Gasteiger partial charge on any atom is 0.326 e. The number of nitrogens with one attached hydrogen (secondary N) is 2. The number of hydrogen-bond acceptors (Lipinski definition) is 6. The van der Waals surface area contributed by atoms with E-state index in [0.717, 1.165) is 11.3 Å². The second kappa shape index (κ2) is 6.93. The van der Waals surface area contributed by atoms with E-state index in [1.54, 1.807) is 6.92 Å². The second-order valence-corrected chi connectivity index (χ2v) is 6.60. The lowest BCUT2D eigenvalue weighted by Gasteiger charge is -2.13. The Morgan fingerprint density at radius 2 is 2.27 bits per heavy atom. The summed E-state index contributed by atoms with van der Waals surface area (Å²) in [5.41, 5.74) is 0.204. The minimum absolute atomic E-state index is 0.310. The first-order chi connectivity index (χ1) is 10.5. The van der Waals surface area contributed by atoms with Crippen molar-refractivity contribution >= 4 is 45.2 Å². The first kappa shape index (κ1) is 16.5. The minimum Gasteiger partial charge on any atom is -0.480 e. The molecule has 9 heteroatoms. The van der Waals surface area contributed by atoms with E-state index >= 15 is 0 Å². The van der Waals surface area contributed by atoms with Gasteiger partial charge < -0.3 is 15.4 Å². The first-order valence-electron chi connectivity index (χ1n) is 6.45. The molecule has 118 valence electrons. The van der Waals surface area contributed by atoms with E-state index in [4.69, 9.17) is 5.11 Å². The summed E-state index contributed by atoms with van der Waals surface area (Å²) in [6.07, 6.45) is 3.49. The van der Waals surface area contributed by atoms with Crippen molar-refractivity contribution in [3.05, 3.63) is 27.1 Å². The molecule has 2 rings (SSSR count). The molecule has 22 heavy (non-hydrogen) atoms. The monoisotopic (exact) mass is 341 g/mol. The number of carbonyl (C=O) groups excluding carboxylic acids is 1. The summed E-state index contributed by atoms with van der Waals surface area (Å²) in [5.74, 6) is -0.935. The number of carbonyl (C=O) groups is 2. The number of carboxylic acid groups (broad SMARTS) is 1. The molecule has 0 fully saturated rings. The van der Waals surface area contributed by atoms with Gasteiger partial charge in [-0.2, -0.15) is 11.8 Å². The molecule has 7 nitrogen and oxygen atoms in total. The van der Waals surface area contributed by atoms with Crippen LogP contribution in [0.1, 0.15) is 21.7 Å². The van der Waals surface area contributed by atoms with Gasteiger partial charge >= 0.3 is 5.97 Å². The van der Waals surface area contributed by atoms with E-state index in [1.807, 2.05) is 6.26 Å². The van der Waals surface area contributed by atoms with Crippen molar-refractivity contribution in [2.75, 3.05) is 12.0 Å². The number of nitrogens with zero attached hydrogens (tertiary/aromatic N) is 1. The Kier molecular flexibility index (Phi) is 5.19. The summed E-state index contributed by atoms with van der Waals surface area (Å²) in [6, 6.07) is -0.948. The minimum atomic E-state index is -1.07. The van der Waals surface area contributed by atoms with Gasteiger partial charge in [0.1, 0.15) is 10.9 Å². The van der Waals surface area contributed by atoms with Crippen LogP contribution in [0, 0.1) is 6.92 Å². The molecule has 0 saturated carbocycles. The topological polar surface area (TPSA) is 112 Å². The third kappa shape index (κ3) is 3.30. The lowest BCUT2D eigenvalue weighted by atomic mass is 10.2. The second-order valence-electron chi connectivity index (χ2n) is 4.61. The lowest BCUT2D eigenvalue weighted by molar-refractivity contribution is -0.139. The number of aliphatic carboxylic acids is 1. The van der Waals surface area contributed by atoms with Gasteiger partial charge in [0.05, 0.1) is 16.6 Å². The molecule has 0 radical (unpaired) electrons. The summed E-state index contributed by atoms with van der Waals surface area (Å²) in [5, 5.41) is 12.0. The standard InChI is InChI=1S/C13H15N3O4S2/c1-6-8-10(17)14-5-15-12(8)22-9(6)11(18)16-7(13(19)20)3-4-21-2/h5,7H,3-4H2,1-2H3,(H,16,18)(H,19,20)(H,14,15,17). The number of aryl methyl sites for hydroxylation is 1. The number of H-pyrrole nitrogens is 1. The van der Waals surface area contributed by atoms with Gasteiger partial charge in [-0.3, -0.25) is 9.59 Å². The number of aromatic amines is 1. The van der Waals surface area contributed by atoms with Crippen LogP contribution in [0.25, 0.3) is 10.2 Å². The fourth-order valence-corrected chi connectivity index (χ4v) is 3.54. The van der Waals surface area contributed by atoms with Crippen LogP contribution >= 0.6 is 23.1 Å². The Labute approximate surface area is 134 Å². The van der Waals surface area contributed by atoms with E-state index < -0.39 is 17.9 Å². The van der Waals surface area contributed by atoms with Crippen LogP contribution < -0.4 is 10.9 Å². The van der Waals surface area contributed by atoms with Crippen LogP contribution in [0.3, 0.4) is 0 Å². The summed E-state index contributed by atoms with van der Waals surface area (Å²) < 4.78 is 0. The van der Waals surface area contributed by atoms with Gasteiger partial charge in [0.2, 0.25) is 0 Å². The molecular formula is C13H15N3O4S2. The Bertz CT molecular complexity index is 768. The van der Waals surface area contributed by atoms with E-state index in [0.29, 0.717) is 32.8 Å². The molecule has 0 saturated heterocycles. The first-order valence-corrected chi connectivity index (χ1v) is 8.66. The van der Waals surface area contributed by atoms with Gasteiger partial charge in [-0.25, -0.2) is 9.78 Å². The number of fused-ring (bicyclic) bond motifs is 1. The average Bonchev–Trinajstić information content (AvgIpc) is 2.81. The zero-order valence-electron chi connectivity index (χ0n) is 12.0. The predicted molar refractivity (Wildman–Crippen MR) is 86.9 cm³/mol. The highest BCUT2D eigenvalue weighted by Gasteiger charge is 2.24. The molecule has 0 aliphatic heterocycles. The van der Waals surface area contributed by atoms with Crippen LogP contribution in [0.2, 0.25) is 0 Å². The van der Waals surface area contributed by atoms with Crippen molar-refractivity contribution in [3.63, 3.8) is 0 Å². The molecule has 2 aromatic heterocycles. The smallest absolute Gasteiger partial charge is 0.326 e. The largest absolute Gasteiger partial charge is 0.480 e. The highest BCUT2D eigenvalue weighted by atomic mass is 32.2. The number of thiophene rings is 1. The van der Waals surface area contributed by atoms with Crippen LogP contribution in [-0.2, 0) is 4.79 Å². The van der Waals surface area contributed by atoms with Crippen molar-refractivity contribution in [3.8, 4) is 0 Å². The molecule has 0 aliphatic carbocycles. The maximum atomic E-state index is 12.3. The Hall–Kier alpha value is -1.87. The zero-order chi connectivity index (χ0) is 16.3. The number of carboxylic acids is 1. The van der Waals surface area contributed by atoms with Crippen molar-refractivity contribution in [2.45, 2.75) is 19.4 Å². The Morgan fingerprint density at radius 3 is 2.86 bits per heavy atom. The zero-order valence-corrected chi connectivity index (χ0v) is 13.6. The summed E-state index contributed by atoms with van der Waals surface area (Å²) in [4.78, 5) is 42.6. The fourth-order valence-electron chi connectivity index (χ4n) is 2.01. The number of hydrogen-bond donors (Lipinski definition) is 3. The quantitative estimate of drug-likeness (QED) is 0.728. The molecule has 0 spiro atoms.